The van der Waals surface area contributed by atoms with Crippen LogP contribution in [0.15, 0.2) is 18.2 Å². The summed E-state index contributed by atoms with van der Waals surface area (Å²) in [6, 6.07) is 4.63. The normalized spacial score (nSPS) is 10.1. The topological polar surface area (TPSA) is 52.3 Å². The van der Waals surface area contributed by atoms with E-state index in [9.17, 15) is 9.18 Å². The lowest BCUT2D eigenvalue weighted by atomic mass is 10.2. The lowest BCUT2D eigenvalue weighted by Crippen LogP contribution is -2.01. The Morgan fingerprint density at radius 3 is 2.94 bits per heavy atom. The van der Waals surface area contributed by atoms with Crippen LogP contribution in [0.4, 0.5) is 10.1 Å². The van der Waals surface area contributed by atoms with Gasteiger partial charge in [0.25, 0.3) is 0 Å². The first-order valence-electron chi connectivity index (χ1n) is 4.82. The average molecular weight is 243 g/mol. The van der Waals surface area contributed by atoms with Crippen molar-refractivity contribution in [3.8, 4) is 0 Å². The molecule has 1 aromatic rings. The predicted octanol–water partition coefficient (Wildman–Crippen LogP) is 2.20. The van der Waals surface area contributed by atoms with Crippen molar-refractivity contribution in [2.45, 2.75) is 12.2 Å². The fourth-order valence-corrected chi connectivity index (χ4v) is 2.03. The number of halogens is 1. The number of esters is 1. The van der Waals surface area contributed by atoms with Gasteiger partial charge in [0.1, 0.15) is 5.82 Å². The molecule has 0 spiro atoms. The summed E-state index contributed by atoms with van der Waals surface area (Å²) in [7, 11) is 1.35. The molecule has 0 bridgehead atoms. The fourth-order valence-electron chi connectivity index (χ4n) is 1.12. The Morgan fingerprint density at radius 1 is 1.56 bits per heavy atom. The zero-order valence-electron chi connectivity index (χ0n) is 9.03. The number of hydrogen-bond donors (Lipinski definition) is 1. The van der Waals surface area contributed by atoms with Crippen molar-refractivity contribution in [2.75, 3.05) is 18.6 Å². The number of thioether (sulfide) groups is 1. The number of carbonyl (C=O) groups excluding carboxylic acids is 1. The zero-order valence-corrected chi connectivity index (χ0v) is 9.85. The maximum atomic E-state index is 13.3. The van der Waals surface area contributed by atoms with Gasteiger partial charge in [-0.25, -0.2) is 4.39 Å². The van der Waals surface area contributed by atoms with Gasteiger partial charge in [-0.2, -0.15) is 11.8 Å². The minimum Gasteiger partial charge on any atom is -0.469 e. The van der Waals surface area contributed by atoms with E-state index in [1.807, 2.05) is 0 Å². The van der Waals surface area contributed by atoms with Crippen molar-refractivity contribution >= 4 is 23.4 Å². The first-order valence-corrected chi connectivity index (χ1v) is 5.97. The molecule has 0 saturated heterocycles. The number of anilines is 1. The van der Waals surface area contributed by atoms with Crippen molar-refractivity contribution in [3.63, 3.8) is 0 Å². The Hall–Kier alpha value is -1.23. The minimum atomic E-state index is -0.300. The van der Waals surface area contributed by atoms with Crippen molar-refractivity contribution in [3.05, 3.63) is 29.6 Å². The summed E-state index contributed by atoms with van der Waals surface area (Å²) in [4.78, 5) is 10.8. The van der Waals surface area contributed by atoms with Gasteiger partial charge >= 0.3 is 5.97 Å². The molecule has 0 aliphatic heterocycles. The van der Waals surface area contributed by atoms with Crippen molar-refractivity contribution in [1.82, 2.24) is 0 Å². The number of rotatable bonds is 5. The average Bonchev–Trinajstić information content (AvgIpc) is 2.26. The van der Waals surface area contributed by atoms with E-state index < -0.39 is 0 Å². The Bertz CT molecular complexity index is 371. The van der Waals surface area contributed by atoms with Crippen molar-refractivity contribution in [1.29, 1.82) is 0 Å². The van der Waals surface area contributed by atoms with E-state index in [2.05, 4.69) is 4.74 Å². The van der Waals surface area contributed by atoms with E-state index >= 15 is 0 Å². The lowest BCUT2D eigenvalue weighted by molar-refractivity contribution is -0.140. The smallest absolute Gasteiger partial charge is 0.306 e. The van der Waals surface area contributed by atoms with Crippen LogP contribution in [0.25, 0.3) is 0 Å². The third kappa shape index (κ3) is 4.10. The molecule has 1 aromatic carbocycles. The molecule has 0 aromatic heterocycles. The van der Waals surface area contributed by atoms with Gasteiger partial charge in [-0.05, 0) is 17.7 Å². The number of carbonyl (C=O) groups is 1. The molecule has 0 amide bonds. The van der Waals surface area contributed by atoms with Crippen LogP contribution in [-0.2, 0) is 15.3 Å². The van der Waals surface area contributed by atoms with E-state index in [-0.39, 0.29) is 11.8 Å². The van der Waals surface area contributed by atoms with Crippen LogP contribution in [0.5, 0.6) is 0 Å². The second-order valence-electron chi connectivity index (χ2n) is 3.23. The van der Waals surface area contributed by atoms with Crippen LogP contribution in [0, 0.1) is 5.82 Å². The Balaban J connectivity index is 2.35. The molecule has 88 valence electrons. The molecule has 0 saturated carbocycles. The number of methoxy groups -OCH3 is 1. The quantitative estimate of drug-likeness (QED) is 0.489. The van der Waals surface area contributed by atoms with Crippen LogP contribution < -0.4 is 5.73 Å². The summed E-state index contributed by atoms with van der Waals surface area (Å²) in [5.41, 5.74) is 6.45. The van der Waals surface area contributed by atoms with E-state index in [0.29, 0.717) is 29.2 Å². The molecule has 2 N–H and O–H groups in total. The number of ether oxygens (including phenoxy) is 1. The Kier molecular flexibility index (Phi) is 5.11. The highest BCUT2D eigenvalue weighted by Crippen LogP contribution is 2.18. The second-order valence-corrected chi connectivity index (χ2v) is 4.33. The molecular formula is C11H14FNO2S. The van der Waals surface area contributed by atoms with E-state index in [4.69, 9.17) is 5.73 Å². The van der Waals surface area contributed by atoms with Crippen LogP contribution in [0.1, 0.15) is 12.0 Å². The molecule has 5 heteroatoms. The molecule has 0 heterocycles. The summed E-state index contributed by atoms with van der Waals surface area (Å²) in [5.74, 6) is 0.607. The molecule has 3 nitrogen and oxygen atoms in total. The third-order valence-electron chi connectivity index (χ3n) is 2.01. The number of hydrogen-bond acceptors (Lipinski definition) is 4. The van der Waals surface area contributed by atoms with Crippen LogP contribution in [0.2, 0.25) is 0 Å². The first kappa shape index (κ1) is 12.8. The summed E-state index contributed by atoms with van der Waals surface area (Å²) >= 11 is 1.49. The Labute approximate surface area is 98.2 Å². The minimum absolute atomic E-state index is 0.245. The van der Waals surface area contributed by atoms with Gasteiger partial charge in [0.15, 0.2) is 0 Å². The first-order chi connectivity index (χ1) is 7.63. The predicted molar refractivity (Wildman–Crippen MR) is 63.6 cm³/mol. The molecule has 0 aliphatic carbocycles. The standard InChI is InChI=1S/C11H14FNO2S/c1-15-11(14)4-5-16-7-8-2-3-9(13)6-10(8)12/h2-3,6H,4-5,7,13H2,1H3. The summed E-state index contributed by atoms with van der Waals surface area (Å²) in [5, 5.41) is 0. The lowest BCUT2D eigenvalue weighted by Gasteiger charge is -2.03. The van der Waals surface area contributed by atoms with Gasteiger partial charge in [0, 0.05) is 17.2 Å². The molecule has 1 rings (SSSR count). The van der Waals surface area contributed by atoms with Gasteiger partial charge in [-0.3, -0.25) is 4.79 Å². The molecule has 0 fully saturated rings. The van der Waals surface area contributed by atoms with E-state index in [0.717, 1.165) is 0 Å². The largest absolute Gasteiger partial charge is 0.469 e. The fraction of sp³-hybridized carbons (Fsp3) is 0.364. The highest BCUT2D eigenvalue weighted by molar-refractivity contribution is 7.98. The molecular weight excluding hydrogens is 229 g/mol. The van der Waals surface area contributed by atoms with Crippen molar-refractivity contribution in [2.24, 2.45) is 0 Å². The van der Waals surface area contributed by atoms with Crippen LogP contribution in [-0.4, -0.2) is 18.8 Å². The SMILES string of the molecule is COC(=O)CCSCc1ccc(N)cc1F. The number of benzene rings is 1. The van der Waals surface area contributed by atoms with Gasteiger partial charge in [-0.15, -0.1) is 0 Å². The molecule has 0 aliphatic rings. The summed E-state index contributed by atoms with van der Waals surface area (Å²) in [6.45, 7) is 0. The van der Waals surface area contributed by atoms with Crippen LogP contribution in [0.3, 0.4) is 0 Å². The highest BCUT2D eigenvalue weighted by Gasteiger charge is 2.04. The molecule has 0 unspecified atom stereocenters. The van der Waals surface area contributed by atoms with E-state index in [1.54, 1.807) is 12.1 Å². The monoisotopic (exact) mass is 243 g/mol. The maximum absolute atomic E-state index is 13.3. The number of nitrogen functional groups attached to an aromatic ring is 1. The molecule has 16 heavy (non-hydrogen) atoms. The van der Waals surface area contributed by atoms with E-state index in [1.165, 1.54) is 24.9 Å². The van der Waals surface area contributed by atoms with Gasteiger partial charge < -0.3 is 10.5 Å². The summed E-state index contributed by atoms with van der Waals surface area (Å²) < 4.78 is 17.8. The van der Waals surface area contributed by atoms with Crippen LogP contribution >= 0.6 is 11.8 Å². The third-order valence-corrected chi connectivity index (χ3v) is 3.02. The maximum Gasteiger partial charge on any atom is 0.306 e. The second kappa shape index (κ2) is 6.37. The highest BCUT2D eigenvalue weighted by atomic mass is 32.2. The summed E-state index contributed by atoms with van der Waals surface area (Å²) in [6.07, 6.45) is 0.345. The molecule has 0 radical (unpaired) electrons. The molecule has 0 atom stereocenters. The van der Waals surface area contributed by atoms with Gasteiger partial charge in [0.05, 0.1) is 13.5 Å². The number of nitrogens with two attached hydrogens (primary N) is 1. The zero-order chi connectivity index (χ0) is 12.0. The Morgan fingerprint density at radius 2 is 2.31 bits per heavy atom. The van der Waals surface area contributed by atoms with Crippen molar-refractivity contribution < 1.29 is 13.9 Å². The van der Waals surface area contributed by atoms with Gasteiger partial charge in [-0.1, -0.05) is 6.07 Å². The van der Waals surface area contributed by atoms with Gasteiger partial charge in [0.2, 0.25) is 0 Å².